The summed E-state index contributed by atoms with van der Waals surface area (Å²) in [4.78, 5) is 22.4. The zero-order chi connectivity index (χ0) is 18.4. The van der Waals surface area contributed by atoms with Crippen LogP contribution in [0.4, 0.5) is 0 Å². The zero-order valence-electron chi connectivity index (χ0n) is 14.6. The van der Waals surface area contributed by atoms with Gasteiger partial charge in [0.05, 0.1) is 18.8 Å². The van der Waals surface area contributed by atoms with Gasteiger partial charge in [-0.2, -0.15) is 0 Å². The van der Waals surface area contributed by atoms with Gasteiger partial charge in [-0.15, -0.1) is 0 Å². The molecular weight excluding hydrogens is 332 g/mol. The average Bonchev–Trinajstić information content (AvgIpc) is 2.64. The number of unbranched alkanes of at least 4 members (excludes halogenated alkanes) is 1. The fourth-order valence-electron chi connectivity index (χ4n) is 2.68. The highest BCUT2D eigenvalue weighted by Crippen LogP contribution is 2.22. The van der Waals surface area contributed by atoms with Crippen LogP contribution in [0.2, 0.25) is 0 Å². The third-order valence-electron chi connectivity index (χ3n) is 4.03. The average molecular weight is 352 g/mol. The fourth-order valence-corrected chi connectivity index (χ4v) is 2.68. The summed E-state index contributed by atoms with van der Waals surface area (Å²) < 4.78 is 16.6. The van der Waals surface area contributed by atoms with Crippen molar-refractivity contribution in [3.63, 3.8) is 0 Å². The molecule has 0 aliphatic heterocycles. The normalized spacial score (nSPS) is 10.7. The van der Waals surface area contributed by atoms with Gasteiger partial charge in [0.2, 0.25) is 0 Å². The smallest absolute Gasteiger partial charge is 0.336 e. The summed E-state index contributed by atoms with van der Waals surface area (Å²) >= 11 is 0. The Morgan fingerprint density at radius 1 is 1.00 bits per heavy atom. The monoisotopic (exact) mass is 352 g/mol. The maximum Gasteiger partial charge on any atom is 0.336 e. The van der Waals surface area contributed by atoms with E-state index < -0.39 is 0 Å². The van der Waals surface area contributed by atoms with Crippen LogP contribution in [-0.2, 0) is 0 Å². The van der Waals surface area contributed by atoms with Gasteiger partial charge in [-0.3, -0.25) is 4.79 Å². The van der Waals surface area contributed by atoms with E-state index in [0.717, 1.165) is 30.1 Å². The molecule has 2 aromatic carbocycles. The number of carbonyl (C=O) groups is 1. The van der Waals surface area contributed by atoms with Crippen LogP contribution in [-0.4, -0.2) is 19.5 Å². The Bertz CT molecular complexity index is 958. The molecular formula is C21H20O5. The lowest BCUT2D eigenvalue weighted by Crippen LogP contribution is -2.04. The van der Waals surface area contributed by atoms with E-state index in [2.05, 4.69) is 0 Å². The van der Waals surface area contributed by atoms with Crippen LogP contribution in [0.25, 0.3) is 11.0 Å². The molecule has 0 atom stereocenters. The minimum atomic E-state index is -0.361. The summed E-state index contributed by atoms with van der Waals surface area (Å²) in [6.45, 7) is 2.92. The standard InChI is InChI=1S/C21H20O5/c1-15-12-21(23)26-20-13-17(8-9-18(15)20)24-10-4-5-11-25-19-7-3-2-6-16(19)14-22/h2-3,6-9,12-14H,4-5,10-11H2,1H3. The lowest BCUT2D eigenvalue weighted by molar-refractivity contribution is 0.111. The molecule has 1 heterocycles. The third kappa shape index (κ3) is 4.30. The molecule has 3 rings (SSSR count). The molecule has 3 aromatic rings. The summed E-state index contributed by atoms with van der Waals surface area (Å²) in [5.41, 5.74) is 1.61. The lowest BCUT2D eigenvalue weighted by atomic mass is 10.1. The molecule has 0 saturated heterocycles. The van der Waals surface area contributed by atoms with Gasteiger partial charge >= 0.3 is 5.63 Å². The van der Waals surface area contributed by atoms with Crippen molar-refractivity contribution in [1.29, 1.82) is 0 Å². The molecule has 0 aliphatic carbocycles. The van der Waals surface area contributed by atoms with E-state index in [1.165, 1.54) is 6.07 Å². The van der Waals surface area contributed by atoms with Crippen molar-refractivity contribution < 1.29 is 18.7 Å². The van der Waals surface area contributed by atoms with Gasteiger partial charge < -0.3 is 13.9 Å². The highest BCUT2D eigenvalue weighted by Gasteiger charge is 2.04. The van der Waals surface area contributed by atoms with E-state index in [0.29, 0.717) is 35.9 Å². The molecule has 0 fully saturated rings. The number of benzene rings is 2. The number of aldehydes is 1. The van der Waals surface area contributed by atoms with E-state index in [9.17, 15) is 9.59 Å². The molecule has 134 valence electrons. The number of hydrogen-bond donors (Lipinski definition) is 0. The fraction of sp³-hybridized carbons (Fsp3) is 0.238. The first-order valence-corrected chi connectivity index (χ1v) is 8.52. The van der Waals surface area contributed by atoms with Crippen LogP contribution in [0.5, 0.6) is 11.5 Å². The Hall–Kier alpha value is -3.08. The third-order valence-corrected chi connectivity index (χ3v) is 4.03. The van der Waals surface area contributed by atoms with Crippen molar-refractivity contribution >= 4 is 17.3 Å². The molecule has 0 unspecified atom stereocenters. The summed E-state index contributed by atoms with van der Waals surface area (Å²) in [5, 5.41) is 0.902. The van der Waals surface area contributed by atoms with Crippen LogP contribution < -0.4 is 15.1 Å². The van der Waals surface area contributed by atoms with Crippen LogP contribution in [0.15, 0.2) is 57.7 Å². The molecule has 0 saturated carbocycles. The molecule has 26 heavy (non-hydrogen) atoms. The van der Waals surface area contributed by atoms with E-state index in [4.69, 9.17) is 13.9 Å². The van der Waals surface area contributed by atoms with Crippen LogP contribution in [0.1, 0.15) is 28.8 Å². The van der Waals surface area contributed by atoms with E-state index in [1.807, 2.05) is 25.1 Å². The number of rotatable bonds is 8. The minimum absolute atomic E-state index is 0.361. The first-order valence-electron chi connectivity index (χ1n) is 8.52. The number of aryl methyl sites for hydroxylation is 1. The number of hydrogen-bond acceptors (Lipinski definition) is 5. The Kier molecular flexibility index (Phi) is 5.69. The number of fused-ring (bicyclic) bond motifs is 1. The highest BCUT2D eigenvalue weighted by molar-refractivity contribution is 5.81. The van der Waals surface area contributed by atoms with Gasteiger partial charge in [-0.25, -0.2) is 4.79 Å². The minimum Gasteiger partial charge on any atom is -0.493 e. The molecule has 1 aromatic heterocycles. The van der Waals surface area contributed by atoms with Gasteiger partial charge in [0.15, 0.2) is 6.29 Å². The molecule has 0 radical (unpaired) electrons. The number of para-hydroxylation sites is 1. The molecule has 5 heteroatoms. The summed E-state index contributed by atoms with van der Waals surface area (Å²) in [5.74, 6) is 1.27. The SMILES string of the molecule is Cc1cc(=O)oc2cc(OCCCCOc3ccccc3C=O)ccc12. The second-order valence-electron chi connectivity index (χ2n) is 5.97. The summed E-state index contributed by atoms with van der Waals surface area (Å²) in [6, 6.07) is 14.1. The Labute approximate surface area is 151 Å². The van der Waals surface area contributed by atoms with Gasteiger partial charge in [0, 0.05) is 17.5 Å². The van der Waals surface area contributed by atoms with Crippen molar-refractivity contribution in [1.82, 2.24) is 0 Å². The van der Waals surface area contributed by atoms with Crippen LogP contribution >= 0.6 is 0 Å². The van der Waals surface area contributed by atoms with Crippen LogP contribution in [0, 0.1) is 6.92 Å². The largest absolute Gasteiger partial charge is 0.493 e. The van der Waals surface area contributed by atoms with Crippen molar-refractivity contribution in [3.05, 3.63) is 70.1 Å². The number of ether oxygens (including phenoxy) is 2. The molecule has 5 nitrogen and oxygen atoms in total. The van der Waals surface area contributed by atoms with Gasteiger partial charge in [0.1, 0.15) is 17.1 Å². The molecule has 0 bridgehead atoms. The first kappa shape index (κ1) is 17.7. The number of carbonyl (C=O) groups excluding carboxylic acids is 1. The maximum atomic E-state index is 11.5. The zero-order valence-corrected chi connectivity index (χ0v) is 14.6. The van der Waals surface area contributed by atoms with Crippen molar-refractivity contribution in [3.8, 4) is 11.5 Å². The predicted octanol–water partition coefficient (Wildman–Crippen LogP) is 4.15. The summed E-state index contributed by atoms with van der Waals surface area (Å²) in [6.07, 6.45) is 2.40. The Morgan fingerprint density at radius 2 is 1.77 bits per heavy atom. The molecule has 0 N–H and O–H groups in total. The lowest BCUT2D eigenvalue weighted by Gasteiger charge is -2.09. The van der Waals surface area contributed by atoms with Crippen molar-refractivity contribution in [2.75, 3.05) is 13.2 Å². The Balaban J connectivity index is 1.47. The second-order valence-corrected chi connectivity index (χ2v) is 5.97. The van der Waals surface area contributed by atoms with E-state index >= 15 is 0 Å². The topological polar surface area (TPSA) is 65.7 Å². The Morgan fingerprint density at radius 3 is 2.58 bits per heavy atom. The van der Waals surface area contributed by atoms with Crippen LogP contribution in [0.3, 0.4) is 0 Å². The molecule has 0 spiro atoms. The molecule has 0 amide bonds. The first-order chi connectivity index (χ1) is 12.7. The molecule has 0 aliphatic rings. The highest BCUT2D eigenvalue weighted by atomic mass is 16.5. The van der Waals surface area contributed by atoms with Crippen molar-refractivity contribution in [2.24, 2.45) is 0 Å². The second kappa shape index (κ2) is 8.34. The van der Waals surface area contributed by atoms with Gasteiger partial charge in [-0.1, -0.05) is 12.1 Å². The van der Waals surface area contributed by atoms with Crippen molar-refractivity contribution in [2.45, 2.75) is 19.8 Å². The van der Waals surface area contributed by atoms with E-state index in [1.54, 1.807) is 24.3 Å². The predicted molar refractivity (Wildman–Crippen MR) is 99.3 cm³/mol. The quantitative estimate of drug-likeness (QED) is 0.346. The van der Waals surface area contributed by atoms with E-state index in [-0.39, 0.29) is 5.63 Å². The van der Waals surface area contributed by atoms with Gasteiger partial charge in [-0.05, 0) is 49.6 Å². The summed E-state index contributed by atoms with van der Waals surface area (Å²) in [7, 11) is 0. The maximum absolute atomic E-state index is 11.5. The van der Waals surface area contributed by atoms with Gasteiger partial charge in [0.25, 0.3) is 0 Å².